The molecule has 4 nitrogen and oxygen atoms in total. The molecule has 0 aliphatic rings. The second-order valence-electron chi connectivity index (χ2n) is 4.76. The van der Waals surface area contributed by atoms with Crippen molar-refractivity contribution >= 4 is 34.5 Å². The Morgan fingerprint density at radius 3 is 2.41 bits per heavy atom. The van der Waals surface area contributed by atoms with Crippen LogP contribution in [0.2, 0.25) is 0 Å². The Hall–Kier alpha value is -0.590. The van der Waals surface area contributed by atoms with E-state index in [0.29, 0.717) is 0 Å². The quantitative estimate of drug-likeness (QED) is 0.792. The van der Waals surface area contributed by atoms with Crippen LogP contribution in [0.15, 0.2) is 0 Å². The number of aromatic nitrogens is 4. The predicted molar refractivity (Wildman–Crippen MR) is 71.8 cm³/mol. The van der Waals surface area contributed by atoms with Crippen molar-refractivity contribution in [1.82, 2.24) is 19.8 Å². The maximum absolute atomic E-state index is 5.99. The van der Waals surface area contributed by atoms with Crippen LogP contribution < -0.4 is 0 Å². The van der Waals surface area contributed by atoms with E-state index in [4.69, 9.17) is 11.6 Å². The average Bonchev–Trinajstić information content (AvgIpc) is 2.85. The zero-order valence-corrected chi connectivity index (χ0v) is 12.4. The molecule has 0 N–H and O–H groups in total. The van der Waals surface area contributed by atoms with Crippen LogP contribution in [-0.4, -0.2) is 19.8 Å². The summed E-state index contributed by atoms with van der Waals surface area (Å²) in [5.41, 5.74) is 0.924. The first-order valence-electron chi connectivity index (χ1n) is 5.20. The summed E-state index contributed by atoms with van der Waals surface area (Å²) in [7, 11) is 0. The zero-order valence-electron chi connectivity index (χ0n) is 10.1. The zero-order chi connectivity index (χ0) is 12.6. The molecule has 0 fully saturated rings. The molecule has 0 aromatic carbocycles. The van der Waals surface area contributed by atoms with Gasteiger partial charge >= 0.3 is 0 Å². The van der Waals surface area contributed by atoms with E-state index in [0.717, 1.165) is 20.6 Å². The van der Waals surface area contributed by atoms with Crippen molar-refractivity contribution in [2.24, 2.45) is 0 Å². The lowest BCUT2D eigenvalue weighted by atomic mass is 9.91. The minimum atomic E-state index is -0.111. The molecule has 7 heteroatoms. The molecule has 2 rings (SSSR count). The van der Waals surface area contributed by atoms with Gasteiger partial charge in [-0.15, -0.1) is 26.9 Å². The maximum Gasteiger partial charge on any atom is 0.161 e. The van der Waals surface area contributed by atoms with E-state index in [1.807, 2.05) is 6.92 Å². The van der Waals surface area contributed by atoms with E-state index < -0.39 is 0 Å². The molecular formula is C10H13ClN4S2. The molecule has 0 radical (unpaired) electrons. The van der Waals surface area contributed by atoms with Gasteiger partial charge in [0.25, 0.3) is 0 Å². The van der Waals surface area contributed by atoms with E-state index in [2.05, 4.69) is 40.6 Å². The minimum Gasteiger partial charge on any atom is -0.142 e. The first-order chi connectivity index (χ1) is 7.89. The summed E-state index contributed by atoms with van der Waals surface area (Å²) in [5.74, 6) is 0. The topological polar surface area (TPSA) is 51.6 Å². The molecule has 0 aliphatic heterocycles. The SMILES string of the molecule is CC(Cl)c1nnc(-c2snnc2C(C)(C)C)s1. The molecule has 2 aromatic heterocycles. The molecule has 17 heavy (non-hydrogen) atoms. The molecule has 0 spiro atoms. The van der Waals surface area contributed by atoms with Gasteiger partial charge in [-0.2, -0.15) is 0 Å². The van der Waals surface area contributed by atoms with Crippen LogP contribution in [0, 0.1) is 0 Å². The van der Waals surface area contributed by atoms with Gasteiger partial charge in [0.1, 0.15) is 9.88 Å². The van der Waals surface area contributed by atoms with Crippen molar-refractivity contribution in [2.45, 2.75) is 38.5 Å². The van der Waals surface area contributed by atoms with Crippen molar-refractivity contribution < 1.29 is 0 Å². The van der Waals surface area contributed by atoms with Crippen molar-refractivity contribution in [3.05, 3.63) is 10.7 Å². The standard InChI is InChI=1S/C10H13ClN4S2/c1-5(11)8-13-14-9(16-8)6-7(10(2,3)4)12-15-17-6/h5H,1-4H3. The number of halogens is 1. The monoisotopic (exact) mass is 288 g/mol. The third-order valence-corrected chi connectivity index (χ3v) is 4.49. The second kappa shape index (κ2) is 4.59. The summed E-state index contributed by atoms with van der Waals surface area (Å²) in [4.78, 5) is 0.999. The van der Waals surface area contributed by atoms with Gasteiger partial charge in [0.05, 0.1) is 11.1 Å². The summed E-state index contributed by atoms with van der Waals surface area (Å²) >= 11 is 8.85. The second-order valence-corrected chi connectivity index (χ2v) is 7.18. The largest absolute Gasteiger partial charge is 0.161 e. The van der Waals surface area contributed by atoms with Crippen molar-refractivity contribution in [3.63, 3.8) is 0 Å². The van der Waals surface area contributed by atoms with Crippen LogP contribution in [0.5, 0.6) is 0 Å². The van der Waals surface area contributed by atoms with Crippen LogP contribution in [0.1, 0.15) is 43.8 Å². The fourth-order valence-electron chi connectivity index (χ4n) is 1.31. The first kappa shape index (κ1) is 12.9. The number of hydrogen-bond acceptors (Lipinski definition) is 6. The Labute approximate surface area is 113 Å². The number of rotatable bonds is 2. The van der Waals surface area contributed by atoms with E-state index in [9.17, 15) is 0 Å². The van der Waals surface area contributed by atoms with E-state index >= 15 is 0 Å². The van der Waals surface area contributed by atoms with Gasteiger partial charge in [-0.3, -0.25) is 0 Å². The lowest BCUT2D eigenvalue weighted by molar-refractivity contribution is 0.568. The first-order valence-corrected chi connectivity index (χ1v) is 7.23. The van der Waals surface area contributed by atoms with Crippen LogP contribution in [0.4, 0.5) is 0 Å². The van der Waals surface area contributed by atoms with Crippen molar-refractivity contribution in [3.8, 4) is 9.88 Å². The minimum absolute atomic E-state index is 0.0409. The van der Waals surface area contributed by atoms with Gasteiger partial charge in [0.2, 0.25) is 0 Å². The summed E-state index contributed by atoms with van der Waals surface area (Å²) in [5, 5.41) is 14.0. The highest BCUT2D eigenvalue weighted by Gasteiger charge is 2.25. The smallest absolute Gasteiger partial charge is 0.142 e. The average molecular weight is 289 g/mol. The van der Waals surface area contributed by atoms with Gasteiger partial charge in [0.15, 0.2) is 5.01 Å². The highest BCUT2D eigenvalue weighted by atomic mass is 35.5. The highest BCUT2D eigenvalue weighted by molar-refractivity contribution is 7.19. The Morgan fingerprint density at radius 1 is 1.18 bits per heavy atom. The van der Waals surface area contributed by atoms with Crippen LogP contribution in [-0.2, 0) is 5.41 Å². The molecule has 0 saturated carbocycles. The maximum atomic E-state index is 5.99. The number of alkyl halides is 1. The van der Waals surface area contributed by atoms with E-state index in [1.54, 1.807) is 0 Å². The van der Waals surface area contributed by atoms with Crippen LogP contribution >= 0.6 is 34.5 Å². The van der Waals surface area contributed by atoms with Gasteiger partial charge in [-0.1, -0.05) is 36.6 Å². The lowest BCUT2D eigenvalue weighted by Gasteiger charge is -2.15. The molecule has 2 aromatic rings. The molecule has 2 heterocycles. The third-order valence-electron chi connectivity index (χ3n) is 2.17. The van der Waals surface area contributed by atoms with Gasteiger partial charge < -0.3 is 0 Å². The summed E-state index contributed by atoms with van der Waals surface area (Å²) in [6, 6.07) is 0. The third kappa shape index (κ3) is 2.64. The van der Waals surface area contributed by atoms with E-state index in [1.165, 1.54) is 22.9 Å². The molecule has 0 aliphatic carbocycles. The van der Waals surface area contributed by atoms with Crippen LogP contribution in [0.25, 0.3) is 9.88 Å². The summed E-state index contributed by atoms with van der Waals surface area (Å²) < 4.78 is 4.02. The Kier molecular flexibility index (Phi) is 3.47. The molecule has 0 amide bonds. The van der Waals surface area contributed by atoms with Gasteiger partial charge in [-0.25, -0.2) is 0 Å². The van der Waals surface area contributed by atoms with Gasteiger partial charge in [-0.05, 0) is 18.5 Å². The highest BCUT2D eigenvalue weighted by Crippen LogP contribution is 2.36. The fourth-order valence-corrected chi connectivity index (χ4v) is 3.19. The van der Waals surface area contributed by atoms with Crippen molar-refractivity contribution in [1.29, 1.82) is 0 Å². The molecule has 1 unspecified atom stereocenters. The predicted octanol–water partition coefficient (Wildman–Crippen LogP) is 3.65. The Bertz CT molecular complexity index is 512. The normalized spacial score (nSPS) is 13.9. The van der Waals surface area contributed by atoms with Crippen LogP contribution in [0.3, 0.4) is 0 Å². The molecule has 1 atom stereocenters. The number of nitrogens with zero attached hydrogens (tertiary/aromatic N) is 4. The summed E-state index contributed by atoms with van der Waals surface area (Å²) in [6.07, 6.45) is 0. The summed E-state index contributed by atoms with van der Waals surface area (Å²) in [6.45, 7) is 8.22. The molecule has 0 bridgehead atoms. The Morgan fingerprint density at radius 2 is 1.88 bits per heavy atom. The van der Waals surface area contributed by atoms with E-state index in [-0.39, 0.29) is 10.8 Å². The van der Waals surface area contributed by atoms with Gasteiger partial charge in [0, 0.05) is 5.41 Å². The Balaban J connectivity index is 2.43. The molecular weight excluding hydrogens is 276 g/mol. The number of hydrogen-bond donors (Lipinski definition) is 0. The molecule has 92 valence electrons. The van der Waals surface area contributed by atoms with Crippen molar-refractivity contribution in [2.75, 3.05) is 0 Å². The fraction of sp³-hybridized carbons (Fsp3) is 0.600. The lowest BCUT2D eigenvalue weighted by Crippen LogP contribution is -2.12. The molecule has 0 saturated heterocycles.